The summed E-state index contributed by atoms with van der Waals surface area (Å²) in [6.07, 6.45) is 0. The second kappa shape index (κ2) is 6.52. The maximum absolute atomic E-state index is 11.0. The Morgan fingerprint density at radius 1 is 1.27 bits per heavy atom. The predicted molar refractivity (Wildman–Crippen MR) is 95.2 cm³/mol. The highest BCUT2D eigenvalue weighted by molar-refractivity contribution is 5.91. The molecule has 0 aliphatic carbocycles. The van der Waals surface area contributed by atoms with Crippen LogP contribution in [-0.2, 0) is 12.0 Å². The molecule has 0 unspecified atom stereocenters. The molecule has 6 heteroatoms. The van der Waals surface area contributed by atoms with E-state index in [0.717, 1.165) is 5.56 Å². The van der Waals surface area contributed by atoms with Crippen LogP contribution in [0.25, 0.3) is 11.1 Å². The first-order valence-corrected chi connectivity index (χ1v) is 8.08. The fraction of sp³-hybridized carbons (Fsp3) is 0.250. The van der Waals surface area contributed by atoms with Crippen molar-refractivity contribution in [3.05, 3.63) is 59.0 Å². The number of nitriles is 1. The van der Waals surface area contributed by atoms with E-state index in [1.807, 2.05) is 12.1 Å². The van der Waals surface area contributed by atoms with Crippen LogP contribution < -0.4 is 4.74 Å². The van der Waals surface area contributed by atoms with E-state index in [1.54, 1.807) is 12.1 Å². The lowest BCUT2D eigenvalue weighted by Crippen LogP contribution is -2.11. The van der Waals surface area contributed by atoms with Gasteiger partial charge in [0, 0.05) is 0 Å². The number of benzene rings is 2. The van der Waals surface area contributed by atoms with Crippen LogP contribution in [0.3, 0.4) is 0 Å². The summed E-state index contributed by atoms with van der Waals surface area (Å²) in [7, 11) is 0. The molecule has 1 aromatic heterocycles. The van der Waals surface area contributed by atoms with E-state index in [1.165, 1.54) is 12.1 Å². The van der Waals surface area contributed by atoms with E-state index in [2.05, 4.69) is 31.8 Å². The quantitative estimate of drug-likeness (QED) is 0.754. The van der Waals surface area contributed by atoms with Crippen LogP contribution in [-0.4, -0.2) is 16.1 Å². The Hall–Kier alpha value is -3.33. The SMILES string of the molecule is CC(C)(C)c1ccc(OCc2nc3ccc(C(=O)O)cc3o2)c(C#N)c1. The number of hydrogen-bond donors (Lipinski definition) is 1. The Morgan fingerprint density at radius 2 is 2.04 bits per heavy atom. The van der Waals surface area contributed by atoms with Crippen LogP contribution in [0.2, 0.25) is 0 Å². The standard InChI is InChI=1S/C20H18N2O4/c1-20(2,3)14-5-7-16(13(8-14)10-21)25-11-18-22-15-6-4-12(19(23)24)9-17(15)26-18/h4-9H,11H2,1-3H3,(H,23,24). The zero-order valence-corrected chi connectivity index (χ0v) is 14.7. The second-order valence-corrected chi connectivity index (χ2v) is 6.96. The number of rotatable bonds is 4. The van der Waals surface area contributed by atoms with Gasteiger partial charge in [0.15, 0.2) is 12.2 Å². The minimum atomic E-state index is -1.03. The molecule has 6 nitrogen and oxygen atoms in total. The monoisotopic (exact) mass is 350 g/mol. The first-order valence-electron chi connectivity index (χ1n) is 8.08. The van der Waals surface area contributed by atoms with E-state index in [4.69, 9.17) is 14.3 Å². The van der Waals surface area contributed by atoms with Crippen molar-refractivity contribution in [2.24, 2.45) is 0 Å². The number of nitrogens with zero attached hydrogens (tertiary/aromatic N) is 2. The van der Waals surface area contributed by atoms with E-state index in [0.29, 0.717) is 28.3 Å². The summed E-state index contributed by atoms with van der Waals surface area (Å²) in [5.41, 5.74) is 2.49. The molecule has 1 heterocycles. The van der Waals surface area contributed by atoms with Gasteiger partial charge in [-0.1, -0.05) is 26.8 Å². The van der Waals surface area contributed by atoms with Crippen molar-refractivity contribution in [1.29, 1.82) is 5.26 Å². The van der Waals surface area contributed by atoms with Crippen molar-refractivity contribution in [3.63, 3.8) is 0 Å². The first kappa shape index (κ1) is 17.5. The van der Waals surface area contributed by atoms with Crippen LogP contribution in [0.15, 0.2) is 40.8 Å². The molecular weight excluding hydrogens is 332 g/mol. The van der Waals surface area contributed by atoms with Gasteiger partial charge in [-0.3, -0.25) is 0 Å². The van der Waals surface area contributed by atoms with Crippen LogP contribution in [0.5, 0.6) is 5.75 Å². The summed E-state index contributed by atoms with van der Waals surface area (Å²) < 4.78 is 11.2. The molecule has 3 aromatic rings. The second-order valence-electron chi connectivity index (χ2n) is 6.96. The molecule has 0 atom stereocenters. The van der Waals surface area contributed by atoms with Crippen molar-refractivity contribution < 1.29 is 19.1 Å². The molecule has 1 N–H and O–H groups in total. The summed E-state index contributed by atoms with van der Waals surface area (Å²) in [5.74, 6) is -0.265. The third-order valence-electron chi connectivity index (χ3n) is 4.00. The van der Waals surface area contributed by atoms with Gasteiger partial charge in [0.2, 0.25) is 5.89 Å². The molecule has 0 aliphatic rings. The number of ether oxygens (including phenoxy) is 1. The molecule has 0 amide bonds. The number of fused-ring (bicyclic) bond motifs is 1. The maximum Gasteiger partial charge on any atom is 0.335 e. The summed E-state index contributed by atoms with van der Waals surface area (Å²) in [4.78, 5) is 15.3. The van der Waals surface area contributed by atoms with Crippen LogP contribution >= 0.6 is 0 Å². The molecule has 0 aliphatic heterocycles. The lowest BCUT2D eigenvalue weighted by atomic mass is 9.86. The minimum Gasteiger partial charge on any atom is -0.482 e. The van der Waals surface area contributed by atoms with E-state index in [-0.39, 0.29) is 17.6 Å². The van der Waals surface area contributed by atoms with Crippen LogP contribution in [0.4, 0.5) is 0 Å². The summed E-state index contributed by atoms with van der Waals surface area (Å²) in [5, 5.41) is 18.4. The van der Waals surface area contributed by atoms with Gasteiger partial charge in [-0.05, 0) is 41.3 Å². The molecular formula is C20H18N2O4. The normalized spacial score (nSPS) is 11.3. The molecule has 132 valence electrons. The van der Waals surface area contributed by atoms with Crippen molar-refractivity contribution in [2.45, 2.75) is 32.8 Å². The Kier molecular flexibility index (Phi) is 4.39. The van der Waals surface area contributed by atoms with Gasteiger partial charge in [-0.15, -0.1) is 0 Å². The fourth-order valence-electron chi connectivity index (χ4n) is 2.52. The van der Waals surface area contributed by atoms with Gasteiger partial charge in [-0.25, -0.2) is 9.78 Å². The number of aromatic nitrogens is 1. The van der Waals surface area contributed by atoms with Crippen molar-refractivity contribution in [2.75, 3.05) is 0 Å². The number of carboxylic acid groups (broad SMARTS) is 1. The van der Waals surface area contributed by atoms with Crippen molar-refractivity contribution >= 4 is 17.1 Å². The van der Waals surface area contributed by atoms with Crippen LogP contribution in [0, 0.1) is 11.3 Å². The number of hydrogen-bond acceptors (Lipinski definition) is 5. The summed E-state index contributed by atoms with van der Waals surface area (Å²) in [6, 6.07) is 12.2. The van der Waals surface area contributed by atoms with Gasteiger partial charge >= 0.3 is 5.97 Å². The highest BCUT2D eigenvalue weighted by Crippen LogP contribution is 2.28. The Labute approximate surface area is 150 Å². The van der Waals surface area contributed by atoms with E-state index in [9.17, 15) is 10.1 Å². The Bertz CT molecular complexity index is 1020. The van der Waals surface area contributed by atoms with Crippen molar-refractivity contribution in [3.8, 4) is 11.8 Å². The number of aromatic carboxylic acids is 1. The zero-order chi connectivity index (χ0) is 18.9. The Balaban J connectivity index is 1.82. The highest BCUT2D eigenvalue weighted by Gasteiger charge is 2.17. The van der Waals surface area contributed by atoms with Crippen molar-refractivity contribution in [1.82, 2.24) is 4.98 Å². The minimum absolute atomic E-state index is 0.0423. The number of carboxylic acids is 1. The molecule has 0 radical (unpaired) electrons. The maximum atomic E-state index is 11.0. The summed E-state index contributed by atoms with van der Waals surface area (Å²) >= 11 is 0. The van der Waals surface area contributed by atoms with Gasteiger partial charge in [0.1, 0.15) is 17.3 Å². The molecule has 0 saturated heterocycles. The summed E-state index contributed by atoms with van der Waals surface area (Å²) in [6.45, 7) is 6.27. The third kappa shape index (κ3) is 3.52. The number of oxazole rings is 1. The highest BCUT2D eigenvalue weighted by atomic mass is 16.5. The lowest BCUT2D eigenvalue weighted by Gasteiger charge is -2.19. The predicted octanol–water partition coefficient (Wildman–Crippen LogP) is 4.27. The van der Waals surface area contributed by atoms with Crippen LogP contribution in [0.1, 0.15) is 48.1 Å². The van der Waals surface area contributed by atoms with Gasteiger partial charge in [0.25, 0.3) is 0 Å². The molecule has 0 bridgehead atoms. The zero-order valence-electron chi connectivity index (χ0n) is 14.7. The molecule has 2 aromatic carbocycles. The van der Waals surface area contributed by atoms with Gasteiger partial charge in [0.05, 0.1) is 11.1 Å². The molecule has 26 heavy (non-hydrogen) atoms. The topological polar surface area (TPSA) is 96.3 Å². The average molecular weight is 350 g/mol. The third-order valence-corrected chi connectivity index (χ3v) is 4.00. The lowest BCUT2D eigenvalue weighted by molar-refractivity contribution is 0.0697. The first-order chi connectivity index (χ1) is 12.3. The molecule has 3 rings (SSSR count). The average Bonchev–Trinajstić information content (AvgIpc) is 3.00. The van der Waals surface area contributed by atoms with E-state index < -0.39 is 5.97 Å². The smallest absolute Gasteiger partial charge is 0.335 e. The molecule has 0 fully saturated rings. The molecule has 0 spiro atoms. The fourth-order valence-corrected chi connectivity index (χ4v) is 2.52. The van der Waals surface area contributed by atoms with E-state index >= 15 is 0 Å². The van der Waals surface area contributed by atoms with Gasteiger partial charge in [-0.2, -0.15) is 5.26 Å². The Morgan fingerprint density at radius 3 is 2.69 bits per heavy atom. The largest absolute Gasteiger partial charge is 0.482 e. The number of carbonyl (C=O) groups is 1. The molecule has 0 saturated carbocycles. The van der Waals surface area contributed by atoms with Gasteiger partial charge < -0.3 is 14.3 Å².